The van der Waals surface area contributed by atoms with Gasteiger partial charge in [-0.1, -0.05) is 0 Å². The van der Waals surface area contributed by atoms with Gasteiger partial charge in [0.2, 0.25) is 0 Å². The molecule has 5 heteroatoms. The SMILES string of the molecule is COCCOc1nccc(CO)n1. The van der Waals surface area contributed by atoms with E-state index >= 15 is 0 Å². The monoisotopic (exact) mass is 184 g/mol. The van der Waals surface area contributed by atoms with Crippen LogP contribution in [0.3, 0.4) is 0 Å². The van der Waals surface area contributed by atoms with Crippen molar-refractivity contribution in [3.05, 3.63) is 18.0 Å². The Hall–Kier alpha value is -1.20. The molecule has 72 valence electrons. The molecule has 0 saturated heterocycles. The molecule has 0 aliphatic rings. The lowest BCUT2D eigenvalue weighted by Crippen LogP contribution is -2.07. The van der Waals surface area contributed by atoms with Gasteiger partial charge in [0, 0.05) is 13.3 Å². The standard InChI is InChI=1S/C8H12N2O3/c1-12-4-5-13-8-9-3-2-7(6-11)10-8/h2-3,11H,4-6H2,1H3. The van der Waals surface area contributed by atoms with Crippen molar-refractivity contribution in [2.24, 2.45) is 0 Å². The van der Waals surface area contributed by atoms with Gasteiger partial charge >= 0.3 is 6.01 Å². The smallest absolute Gasteiger partial charge is 0.316 e. The molecule has 1 N–H and O–H groups in total. The van der Waals surface area contributed by atoms with E-state index in [4.69, 9.17) is 14.6 Å². The van der Waals surface area contributed by atoms with Gasteiger partial charge in [0.15, 0.2) is 0 Å². The highest BCUT2D eigenvalue weighted by atomic mass is 16.5. The highest BCUT2D eigenvalue weighted by molar-refractivity contribution is 5.03. The fourth-order valence-corrected chi connectivity index (χ4v) is 0.750. The van der Waals surface area contributed by atoms with Crippen molar-refractivity contribution in [2.45, 2.75) is 6.61 Å². The van der Waals surface area contributed by atoms with E-state index in [0.717, 1.165) is 0 Å². The fraction of sp³-hybridized carbons (Fsp3) is 0.500. The average molecular weight is 184 g/mol. The first-order chi connectivity index (χ1) is 6.36. The molecule has 0 radical (unpaired) electrons. The number of nitrogens with zero attached hydrogens (tertiary/aromatic N) is 2. The summed E-state index contributed by atoms with van der Waals surface area (Å²) < 4.78 is 9.92. The third kappa shape index (κ3) is 3.35. The van der Waals surface area contributed by atoms with Crippen LogP contribution in [0.15, 0.2) is 12.3 Å². The lowest BCUT2D eigenvalue weighted by atomic mass is 10.4. The summed E-state index contributed by atoms with van der Waals surface area (Å²) in [5.41, 5.74) is 0.544. The molecule has 0 aliphatic carbocycles. The molecule has 1 heterocycles. The van der Waals surface area contributed by atoms with Crippen molar-refractivity contribution < 1.29 is 14.6 Å². The summed E-state index contributed by atoms with van der Waals surface area (Å²) in [7, 11) is 1.59. The van der Waals surface area contributed by atoms with E-state index in [1.165, 1.54) is 0 Å². The zero-order chi connectivity index (χ0) is 9.52. The van der Waals surface area contributed by atoms with Crippen molar-refractivity contribution in [3.63, 3.8) is 0 Å². The van der Waals surface area contributed by atoms with Crippen LogP contribution in [-0.4, -0.2) is 35.4 Å². The quantitative estimate of drug-likeness (QED) is 0.652. The molecule has 5 nitrogen and oxygen atoms in total. The molecular formula is C8H12N2O3. The minimum absolute atomic E-state index is 0.108. The third-order valence-electron chi connectivity index (χ3n) is 1.37. The van der Waals surface area contributed by atoms with Gasteiger partial charge in [-0.15, -0.1) is 0 Å². The minimum atomic E-state index is -0.108. The van der Waals surface area contributed by atoms with Crippen molar-refractivity contribution in [2.75, 3.05) is 20.3 Å². The van der Waals surface area contributed by atoms with E-state index in [1.54, 1.807) is 19.4 Å². The number of ether oxygens (including phenoxy) is 2. The first kappa shape index (κ1) is 9.88. The zero-order valence-corrected chi connectivity index (χ0v) is 7.43. The molecule has 0 saturated carbocycles. The average Bonchev–Trinajstić information content (AvgIpc) is 2.19. The molecule has 0 unspecified atom stereocenters. The summed E-state index contributed by atoms with van der Waals surface area (Å²) >= 11 is 0. The van der Waals surface area contributed by atoms with Crippen LogP contribution >= 0.6 is 0 Å². The van der Waals surface area contributed by atoms with E-state index < -0.39 is 0 Å². The van der Waals surface area contributed by atoms with Gasteiger partial charge in [-0.3, -0.25) is 0 Å². The van der Waals surface area contributed by atoms with Crippen LogP contribution < -0.4 is 4.74 Å². The molecule has 0 spiro atoms. The molecule has 0 atom stereocenters. The highest BCUT2D eigenvalue weighted by Crippen LogP contribution is 2.02. The van der Waals surface area contributed by atoms with Gasteiger partial charge < -0.3 is 14.6 Å². The molecule has 0 aromatic carbocycles. The summed E-state index contributed by atoms with van der Waals surface area (Å²) in [6, 6.07) is 1.90. The Morgan fingerprint density at radius 1 is 1.46 bits per heavy atom. The number of aliphatic hydroxyl groups excluding tert-OH is 1. The highest BCUT2D eigenvalue weighted by Gasteiger charge is 1.98. The maximum atomic E-state index is 8.76. The van der Waals surface area contributed by atoms with Gasteiger partial charge in [0.1, 0.15) is 6.61 Å². The summed E-state index contributed by atoms with van der Waals surface area (Å²) in [6.45, 7) is 0.793. The lowest BCUT2D eigenvalue weighted by Gasteiger charge is -2.03. The van der Waals surface area contributed by atoms with Crippen LogP contribution in [0.1, 0.15) is 5.69 Å². The van der Waals surface area contributed by atoms with Gasteiger partial charge in [-0.25, -0.2) is 4.98 Å². The van der Waals surface area contributed by atoms with Gasteiger partial charge in [-0.05, 0) is 6.07 Å². The van der Waals surface area contributed by atoms with Crippen LogP contribution in [0.2, 0.25) is 0 Å². The summed E-state index contributed by atoms with van der Waals surface area (Å²) in [5, 5.41) is 8.76. The van der Waals surface area contributed by atoms with E-state index in [1.807, 2.05) is 0 Å². The van der Waals surface area contributed by atoms with Gasteiger partial charge in [0.05, 0.1) is 18.9 Å². The van der Waals surface area contributed by atoms with Crippen molar-refractivity contribution in [3.8, 4) is 6.01 Å². The van der Waals surface area contributed by atoms with Crippen molar-refractivity contribution in [1.82, 2.24) is 9.97 Å². The van der Waals surface area contributed by atoms with Crippen LogP contribution in [0.4, 0.5) is 0 Å². The molecule has 13 heavy (non-hydrogen) atoms. The van der Waals surface area contributed by atoms with Gasteiger partial charge in [0.25, 0.3) is 0 Å². The molecular weight excluding hydrogens is 172 g/mol. The predicted octanol–water partition coefficient (Wildman–Crippen LogP) is -0.00590. The predicted molar refractivity (Wildman–Crippen MR) is 45.3 cm³/mol. The maximum Gasteiger partial charge on any atom is 0.316 e. The maximum absolute atomic E-state index is 8.76. The molecule has 0 aliphatic heterocycles. The molecule has 1 aromatic rings. The Balaban J connectivity index is 2.46. The summed E-state index contributed by atoms with van der Waals surface area (Å²) in [6.07, 6.45) is 1.54. The summed E-state index contributed by atoms with van der Waals surface area (Å²) in [4.78, 5) is 7.78. The van der Waals surface area contributed by atoms with E-state index in [2.05, 4.69) is 9.97 Å². The van der Waals surface area contributed by atoms with Crippen molar-refractivity contribution >= 4 is 0 Å². The lowest BCUT2D eigenvalue weighted by molar-refractivity contribution is 0.140. The van der Waals surface area contributed by atoms with Crippen LogP contribution in [0.5, 0.6) is 6.01 Å². The second-order valence-electron chi connectivity index (χ2n) is 2.33. The van der Waals surface area contributed by atoms with Crippen LogP contribution in [-0.2, 0) is 11.3 Å². The van der Waals surface area contributed by atoms with Crippen molar-refractivity contribution in [1.29, 1.82) is 0 Å². The van der Waals surface area contributed by atoms with Crippen LogP contribution in [0.25, 0.3) is 0 Å². The fourth-order valence-electron chi connectivity index (χ4n) is 0.750. The third-order valence-corrected chi connectivity index (χ3v) is 1.37. The largest absolute Gasteiger partial charge is 0.461 e. The normalized spacial score (nSPS) is 10.0. The minimum Gasteiger partial charge on any atom is -0.461 e. The number of aliphatic hydroxyl groups is 1. The van der Waals surface area contributed by atoms with E-state index in [-0.39, 0.29) is 12.6 Å². The number of rotatable bonds is 5. The number of hydrogen-bond donors (Lipinski definition) is 1. The number of aromatic nitrogens is 2. The second kappa shape index (κ2) is 5.45. The molecule has 0 fully saturated rings. The Morgan fingerprint density at radius 3 is 3.00 bits per heavy atom. The second-order valence-corrected chi connectivity index (χ2v) is 2.33. The summed E-state index contributed by atoms with van der Waals surface area (Å²) in [5.74, 6) is 0. The van der Waals surface area contributed by atoms with Crippen LogP contribution in [0, 0.1) is 0 Å². The molecule has 0 bridgehead atoms. The molecule has 1 rings (SSSR count). The topological polar surface area (TPSA) is 64.5 Å². The number of hydrogen-bond acceptors (Lipinski definition) is 5. The molecule has 1 aromatic heterocycles. The Morgan fingerprint density at radius 2 is 2.31 bits per heavy atom. The first-order valence-corrected chi connectivity index (χ1v) is 3.91. The van der Waals surface area contributed by atoms with E-state index in [9.17, 15) is 0 Å². The molecule has 0 amide bonds. The van der Waals surface area contributed by atoms with Gasteiger partial charge in [-0.2, -0.15) is 4.98 Å². The Kier molecular flexibility index (Phi) is 4.14. The number of methoxy groups -OCH3 is 1. The zero-order valence-electron chi connectivity index (χ0n) is 7.43. The first-order valence-electron chi connectivity index (χ1n) is 3.91. The Labute approximate surface area is 76.4 Å². The Bertz CT molecular complexity index is 255. The van der Waals surface area contributed by atoms with E-state index in [0.29, 0.717) is 18.9 Å².